The lowest BCUT2D eigenvalue weighted by atomic mass is 9.79. The van der Waals surface area contributed by atoms with Crippen LogP contribution in [-0.4, -0.2) is 78.1 Å². The molecule has 4 bridgehead atoms. The maximum Gasteiger partial charge on any atom is 0.264 e. The molecule has 6 rings (SSSR count). The number of ether oxygens (including phenoxy) is 2. The summed E-state index contributed by atoms with van der Waals surface area (Å²) in [5.74, 6) is 0.374. The number of anilines is 2. The van der Waals surface area contributed by atoms with E-state index < -0.39 is 16.1 Å². The van der Waals surface area contributed by atoms with Crippen molar-refractivity contribution < 1.29 is 22.7 Å². The number of methoxy groups -OCH3 is 1. The number of carbonyl (C=O) groups excluding carboxylic acids is 1. The molecule has 51 heavy (non-hydrogen) atoms. The molecule has 1 amide bonds. The van der Waals surface area contributed by atoms with Gasteiger partial charge in [0.05, 0.1) is 46.9 Å². The van der Waals surface area contributed by atoms with Crippen molar-refractivity contribution in [3.8, 4) is 17.1 Å². The Morgan fingerprint density at radius 3 is 2.43 bits per heavy atom. The van der Waals surface area contributed by atoms with Crippen LogP contribution in [0.25, 0.3) is 11.3 Å². The van der Waals surface area contributed by atoms with E-state index >= 15 is 0 Å². The molecule has 1 fully saturated rings. The normalized spacial score (nSPS) is 18.3. The molecule has 1 saturated carbocycles. The Morgan fingerprint density at radius 1 is 1.04 bits per heavy atom. The molecule has 1 aliphatic heterocycles. The Balaban J connectivity index is 1.43. The van der Waals surface area contributed by atoms with Gasteiger partial charge in [0.25, 0.3) is 15.9 Å². The number of carbonyl (C=O) groups is 1. The maximum atomic E-state index is 14.6. The van der Waals surface area contributed by atoms with E-state index in [0.29, 0.717) is 30.2 Å². The highest BCUT2D eigenvalue weighted by Crippen LogP contribution is 2.36. The van der Waals surface area contributed by atoms with Gasteiger partial charge in [0, 0.05) is 37.9 Å². The summed E-state index contributed by atoms with van der Waals surface area (Å²) in [6.45, 7) is 11.2. The third-order valence-electron chi connectivity index (χ3n) is 9.65. The van der Waals surface area contributed by atoms with Crippen LogP contribution < -0.4 is 14.4 Å². The SMILES string of the molecule is COC1(CN(C)c2cncc(CN3C(=O)c4cccc(c4)S(=O)(=O)Nc4nc(cc(-c5c(C)cccc5C)n4)OC[C@H]3CC(C)(C)C)n2)CCC1. The Labute approximate surface area is 300 Å². The molecule has 2 aromatic carbocycles. The molecule has 270 valence electrons. The van der Waals surface area contributed by atoms with Gasteiger partial charge in [-0.05, 0) is 74.3 Å². The van der Waals surface area contributed by atoms with Gasteiger partial charge < -0.3 is 19.3 Å². The van der Waals surface area contributed by atoms with E-state index in [-0.39, 0.29) is 52.4 Å². The number of amides is 1. The van der Waals surface area contributed by atoms with E-state index in [2.05, 4.69) is 40.4 Å². The molecule has 12 nitrogen and oxygen atoms in total. The first kappa shape index (κ1) is 36.2. The van der Waals surface area contributed by atoms with E-state index in [1.807, 2.05) is 44.0 Å². The van der Waals surface area contributed by atoms with Gasteiger partial charge in [0.15, 0.2) is 0 Å². The van der Waals surface area contributed by atoms with E-state index in [1.54, 1.807) is 42.6 Å². The number of fused-ring (bicyclic) bond motifs is 4. The number of aryl methyl sites for hydroxylation is 2. The molecular weight excluding hydrogens is 667 g/mol. The van der Waals surface area contributed by atoms with Gasteiger partial charge in [-0.25, -0.2) is 23.1 Å². The van der Waals surface area contributed by atoms with Crippen molar-refractivity contribution in [2.75, 3.05) is 36.9 Å². The minimum Gasteiger partial charge on any atom is -0.475 e. The highest BCUT2D eigenvalue weighted by molar-refractivity contribution is 7.92. The molecule has 0 unspecified atom stereocenters. The quantitative estimate of drug-likeness (QED) is 0.225. The zero-order chi connectivity index (χ0) is 36.6. The predicted octanol–water partition coefficient (Wildman–Crippen LogP) is 6.20. The summed E-state index contributed by atoms with van der Waals surface area (Å²) in [5, 5.41) is 0. The van der Waals surface area contributed by atoms with E-state index in [0.717, 1.165) is 36.0 Å². The van der Waals surface area contributed by atoms with Crippen LogP contribution in [0.1, 0.15) is 73.6 Å². The number of rotatable bonds is 8. The second-order valence-corrected chi connectivity index (χ2v) is 16.6. The average molecular weight is 714 g/mol. The van der Waals surface area contributed by atoms with E-state index in [4.69, 9.17) is 14.5 Å². The second-order valence-electron chi connectivity index (χ2n) is 14.9. The molecule has 0 radical (unpaired) electrons. The van der Waals surface area contributed by atoms with Gasteiger partial charge in [0.1, 0.15) is 12.4 Å². The molecule has 13 heteroatoms. The molecule has 4 aromatic rings. The van der Waals surface area contributed by atoms with E-state index in [1.165, 1.54) is 12.1 Å². The molecule has 0 saturated heterocycles. The molecule has 1 aliphatic carbocycles. The second kappa shape index (κ2) is 14.2. The fourth-order valence-electron chi connectivity index (χ4n) is 6.89. The van der Waals surface area contributed by atoms with Crippen molar-refractivity contribution in [3.63, 3.8) is 0 Å². The zero-order valence-corrected chi connectivity index (χ0v) is 31.2. The van der Waals surface area contributed by atoms with Gasteiger partial charge in [0.2, 0.25) is 11.8 Å². The molecule has 1 atom stereocenters. The first-order valence-electron chi connectivity index (χ1n) is 17.2. The van der Waals surface area contributed by atoms with Crippen molar-refractivity contribution in [2.45, 2.75) is 83.4 Å². The fraction of sp³-hybridized carbons (Fsp3) is 0.447. The molecule has 2 aliphatic rings. The highest BCUT2D eigenvalue weighted by atomic mass is 32.2. The Bertz CT molecular complexity index is 2000. The summed E-state index contributed by atoms with van der Waals surface area (Å²) < 4.78 is 42.3. The third-order valence-corrected chi connectivity index (χ3v) is 11.0. The third kappa shape index (κ3) is 8.15. The zero-order valence-electron chi connectivity index (χ0n) is 30.4. The molecule has 1 N–H and O–H groups in total. The highest BCUT2D eigenvalue weighted by Gasteiger charge is 2.38. The molecule has 0 spiro atoms. The van der Waals surface area contributed by atoms with Crippen molar-refractivity contribution in [1.82, 2.24) is 24.8 Å². The summed E-state index contributed by atoms with van der Waals surface area (Å²) in [6.07, 6.45) is 7.05. The predicted molar refractivity (Wildman–Crippen MR) is 196 cm³/mol. The van der Waals surface area contributed by atoms with Crippen LogP contribution in [0.3, 0.4) is 0 Å². The number of sulfonamides is 1. The monoisotopic (exact) mass is 713 g/mol. The number of aromatic nitrogens is 4. The minimum atomic E-state index is -4.19. The van der Waals surface area contributed by atoms with Crippen molar-refractivity contribution >= 4 is 27.7 Å². The number of nitrogens with one attached hydrogen (secondary N) is 1. The van der Waals surface area contributed by atoms with Crippen molar-refractivity contribution in [1.29, 1.82) is 0 Å². The summed E-state index contributed by atoms with van der Waals surface area (Å²) in [5.41, 5.74) is 3.71. The van der Waals surface area contributed by atoms with Crippen LogP contribution in [0.2, 0.25) is 0 Å². The van der Waals surface area contributed by atoms with Gasteiger partial charge in [-0.1, -0.05) is 45.0 Å². The smallest absolute Gasteiger partial charge is 0.264 e. The number of benzene rings is 2. The Kier molecular flexibility index (Phi) is 10.1. The number of nitrogens with zero attached hydrogens (tertiary/aromatic N) is 6. The fourth-order valence-corrected chi connectivity index (χ4v) is 7.88. The van der Waals surface area contributed by atoms with Crippen LogP contribution in [0.5, 0.6) is 5.88 Å². The summed E-state index contributed by atoms with van der Waals surface area (Å²) in [7, 11) is -0.471. The summed E-state index contributed by atoms with van der Waals surface area (Å²) in [6, 6.07) is 13.2. The maximum absolute atomic E-state index is 14.6. The van der Waals surface area contributed by atoms with Crippen LogP contribution in [0.4, 0.5) is 11.8 Å². The minimum absolute atomic E-state index is 0.0848. The van der Waals surface area contributed by atoms with Gasteiger partial charge >= 0.3 is 0 Å². The molecular formula is C38H47N7O5S. The van der Waals surface area contributed by atoms with Crippen LogP contribution in [-0.2, 0) is 21.3 Å². The first-order valence-corrected chi connectivity index (χ1v) is 18.7. The lowest BCUT2D eigenvalue weighted by Gasteiger charge is -2.43. The standard InChI is InChI=1S/C38H47N7O5S/c1-25-11-8-12-26(2)34(25)31-18-33-42-36(41-31)43-51(47,48)30-14-9-13-27(17-30)35(46)45(29(23-50-33)19-37(3,4)5)22-28-20-39-21-32(40-28)44(6)24-38(49-7)15-10-16-38/h8-9,11-14,17-18,20-21,29H,10,15-16,19,22-24H2,1-7H3,(H,41,42,43)/t29-/m1/s1. The summed E-state index contributed by atoms with van der Waals surface area (Å²) >= 11 is 0. The van der Waals surface area contributed by atoms with Gasteiger partial charge in [-0.2, -0.15) is 4.98 Å². The van der Waals surface area contributed by atoms with Crippen LogP contribution in [0.15, 0.2) is 65.8 Å². The van der Waals surface area contributed by atoms with Crippen LogP contribution >= 0.6 is 0 Å². The van der Waals surface area contributed by atoms with Gasteiger partial charge in [-0.15, -0.1) is 0 Å². The Morgan fingerprint density at radius 2 is 1.76 bits per heavy atom. The molecule has 3 heterocycles. The topological polar surface area (TPSA) is 140 Å². The van der Waals surface area contributed by atoms with Crippen LogP contribution in [0, 0.1) is 19.3 Å². The number of hydrogen-bond acceptors (Lipinski definition) is 10. The first-order chi connectivity index (χ1) is 24.1. The lowest BCUT2D eigenvalue weighted by Crippen LogP contribution is -2.49. The lowest BCUT2D eigenvalue weighted by molar-refractivity contribution is -0.0640. The average Bonchev–Trinajstić information content (AvgIpc) is 3.06. The largest absolute Gasteiger partial charge is 0.475 e. The van der Waals surface area contributed by atoms with Gasteiger partial charge in [-0.3, -0.25) is 9.78 Å². The summed E-state index contributed by atoms with van der Waals surface area (Å²) in [4.78, 5) is 36.8. The number of hydrogen-bond donors (Lipinski definition) is 1. The number of likely N-dealkylation sites (N-methyl/N-ethyl adjacent to an activating group) is 1. The van der Waals surface area contributed by atoms with Crippen molar-refractivity contribution in [3.05, 3.63) is 83.3 Å². The van der Waals surface area contributed by atoms with E-state index in [9.17, 15) is 13.2 Å². The Hall–Kier alpha value is -4.62. The van der Waals surface area contributed by atoms with Crippen molar-refractivity contribution in [2.24, 2.45) is 5.41 Å². The molecule has 2 aromatic heterocycles.